The number of nitrogens with zero attached hydrogens (tertiary/aromatic N) is 8. The van der Waals surface area contributed by atoms with E-state index in [1.54, 1.807) is 31.2 Å². The molecule has 1 aliphatic heterocycles. The van der Waals surface area contributed by atoms with E-state index >= 15 is 0 Å². The highest BCUT2D eigenvalue weighted by Gasteiger charge is 2.31. The number of nitrogens with one attached hydrogen (secondary N) is 1. The van der Waals surface area contributed by atoms with Crippen molar-refractivity contribution < 1.29 is 13.9 Å². The van der Waals surface area contributed by atoms with E-state index in [-0.39, 0.29) is 5.92 Å². The molecular formula is C29H35N9O3. The summed E-state index contributed by atoms with van der Waals surface area (Å²) in [6.45, 7) is 8.46. The lowest BCUT2D eigenvalue weighted by Crippen LogP contribution is -2.41. The summed E-state index contributed by atoms with van der Waals surface area (Å²) in [7, 11) is 3.28. The Balaban J connectivity index is 1.36. The smallest absolute Gasteiger partial charge is 0.245 e. The van der Waals surface area contributed by atoms with Crippen LogP contribution in [0.3, 0.4) is 0 Å². The molecule has 214 valence electrons. The Morgan fingerprint density at radius 1 is 1.15 bits per heavy atom. The number of ether oxygens (including phenoxy) is 2. The number of hydrogen-bond acceptors (Lipinski definition) is 10. The van der Waals surface area contributed by atoms with E-state index in [2.05, 4.69) is 40.3 Å². The molecule has 5 aromatic rings. The van der Waals surface area contributed by atoms with Gasteiger partial charge in [0.05, 0.1) is 32.3 Å². The molecule has 0 amide bonds. The van der Waals surface area contributed by atoms with Gasteiger partial charge in [0.1, 0.15) is 23.5 Å². The van der Waals surface area contributed by atoms with Crippen LogP contribution in [0.5, 0.6) is 11.5 Å². The fourth-order valence-electron chi connectivity index (χ4n) is 5.42. The van der Waals surface area contributed by atoms with Gasteiger partial charge >= 0.3 is 0 Å². The third-order valence-corrected chi connectivity index (χ3v) is 7.82. The minimum Gasteiger partial charge on any atom is -0.497 e. The van der Waals surface area contributed by atoms with Crippen LogP contribution >= 0.6 is 0 Å². The van der Waals surface area contributed by atoms with E-state index in [9.17, 15) is 0 Å². The van der Waals surface area contributed by atoms with Gasteiger partial charge in [-0.15, -0.1) is 5.10 Å². The van der Waals surface area contributed by atoms with Crippen LogP contribution in [0.1, 0.15) is 49.6 Å². The van der Waals surface area contributed by atoms with Crippen LogP contribution in [0.4, 0.5) is 11.6 Å². The Labute approximate surface area is 238 Å². The van der Waals surface area contributed by atoms with Crippen molar-refractivity contribution in [2.75, 3.05) is 31.0 Å². The number of hydrogen-bond donors (Lipinski definition) is 1. The van der Waals surface area contributed by atoms with E-state index in [0.29, 0.717) is 30.1 Å². The predicted molar refractivity (Wildman–Crippen MR) is 155 cm³/mol. The van der Waals surface area contributed by atoms with E-state index in [1.807, 2.05) is 36.0 Å². The number of oxazole rings is 1. The van der Waals surface area contributed by atoms with Gasteiger partial charge in [-0.3, -0.25) is 4.68 Å². The van der Waals surface area contributed by atoms with Crippen LogP contribution in [0.25, 0.3) is 17.2 Å². The number of benzene rings is 1. The normalized spacial score (nSPS) is 17.2. The molecule has 1 aromatic carbocycles. The first kappa shape index (κ1) is 26.6. The number of aromatic nitrogens is 7. The van der Waals surface area contributed by atoms with Gasteiger partial charge in [-0.2, -0.15) is 9.61 Å². The highest BCUT2D eigenvalue weighted by atomic mass is 16.5. The van der Waals surface area contributed by atoms with E-state index in [0.717, 1.165) is 65.7 Å². The van der Waals surface area contributed by atoms with Gasteiger partial charge < -0.3 is 24.1 Å². The van der Waals surface area contributed by atoms with E-state index in [4.69, 9.17) is 29.0 Å². The Bertz CT molecular complexity index is 1640. The van der Waals surface area contributed by atoms with Crippen molar-refractivity contribution in [3.8, 4) is 23.1 Å². The maximum Gasteiger partial charge on any atom is 0.245 e. The molecule has 1 saturated heterocycles. The topological polar surface area (TPSA) is 121 Å². The quantitative estimate of drug-likeness (QED) is 0.273. The summed E-state index contributed by atoms with van der Waals surface area (Å²) in [6, 6.07) is 6.15. The van der Waals surface area contributed by atoms with Gasteiger partial charge in [0.25, 0.3) is 0 Å². The van der Waals surface area contributed by atoms with Gasteiger partial charge in [0.15, 0.2) is 11.5 Å². The summed E-state index contributed by atoms with van der Waals surface area (Å²) in [5.74, 6) is 3.38. The second kappa shape index (κ2) is 11.1. The second-order valence-electron chi connectivity index (χ2n) is 10.3. The van der Waals surface area contributed by atoms with Gasteiger partial charge in [-0.05, 0) is 45.7 Å². The first-order valence-electron chi connectivity index (χ1n) is 13.9. The molecule has 0 radical (unpaired) electrons. The fraction of sp³-hybridized carbons (Fsp3) is 0.414. The molecule has 12 heteroatoms. The van der Waals surface area contributed by atoms with Crippen LogP contribution in [0, 0.1) is 6.92 Å². The standard InChI is InChI=1S/C29H35N9O3/c1-6-36-17-22(15-32-36)37-16-21(8-7-18(37)2)26-34-27-19(3)25(28-30-11-12-41-28)33-29(38(27)35-26)31-14-20-9-10-23(39-4)13-24(20)40-5/h9-13,15,17-18,21H,6-8,14,16H2,1-5H3,(H,31,33)/t18-,21+/m1/s1. The monoisotopic (exact) mass is 557 g/mol. The van der Waals surface area contributed by atoms with Gasteiger partial charge in [-0.1, -0.05) is 0 Å². The lowest BCUT2D eigenvalue weighted by atomic mass is 9.92. The van der Waals surface area contributed by atoms with Crippen LogP contribution in [-0.4, -0.2) is 61.2 Å². The average molecular weight is 558 g/mol. The van der Waals surface area contributed by atoms with Crippen LogP contribution < -0.4 is 19.7 Å². The third-order valence-electron chi connectivity index (χ3n) is 7.82. The SMILES string of the molecule is CCn1cc(N2C[C@@H](c3nc4c(C)c(-c5ncco5)nc(NCc5ccc(OC)cc5OC)n4n3)CC[C@H]2C)cn1. The van der Waals surface area contributed by atoms with Crippen molar-refractivity contribution in [2.24, 2.45) is 0 Å². The molecule has 0 spiro atoms. The summed E-state index contributed by atoms with van der Waals surface area (Å²) in [5.41, 5.74) is 4.27. The first-order chi connectivity index (χ1) is 20.0. The molecule has 41 heavy (non-hydrogen) atoms. The first-order valence-corrected chi connectivity index (χ1v) is 13.9. The molecule has 12 nitrogen and oxygen atoms in total. The number of rotatable bonds is 9. The second-order valence-corrected chi connectivity index (χ2v) is 10.3. The molecule has 0 saturated carbocycles. The number of piperidine rings is 1. The number of anilines is 2. The molecule has 5 heterocycles. The minimum atomic E-state index is 0.162. The highest BCUT2D eigenvalue weighted by molar-refractivity contribution is 5.66. The van der Waals surface area contributed by atoms with Crippen LogP contribution in [0.15, 0.2) is 47.5 Å². The zero-order chi connectivity index (χ0) is 28.5. The van der Waals surface area contributed by atoms with Crippen molar-refractivity contribution in [2.45, 2.75) is 58.7 Å². The molecule has 0 unspecified atom stereocenters. The van der Waals surface area contributed by atoms with E-state index < -0.39 is 0 Å². The molecule has 1 fully saturated rings. The number of fused-ring (bicyclic) bond motifs is 1. The van der Waals surface area contributed by atoms with Crippen molar-refractivity contribution >= 4 is 17.3 Å². The lowest BCUT2D eigenvalue weighted by molar-refractivity contribution is 0.391. The van der Waals surface area contributed by atoms with Crippen LogP contribution in [-0.2, 0) is 13.1 Å². The molecule has 2 atom stereocenters. The Hall–Kier alpha value is -4.61. The molecular weight excluding hydrogens is 522 g/mol. The summed E-state index contributed by atoms with van der Waals surface area (Å²) in [5, 5.41) is 13.0. The van der Waals surface area contributed by atoms with Crippen molar-refractivity contribution in [1.29, 1.82) is 0 Å². The molecule has 1 N–H and O–H groups in total. The number of methoxy groups -OCH3 is 2. The summed E-state index contributed by atoms with van der Waals surface area (Å²) < 4.78 is 20.3. The van der Waals surface area contributed by atoms with E-state index in [1.165, 1.54) is 0 Å². The van der Waals surface area contributed by atoms with Crippen molar-refractivity contribution in [3.63, 3.8) is 0 Å². The summed E-state index contributed by atoms with van der Waals surface area (Å²) >= 11 is 0. The Morgan fingerprint density at radius 2 is 2.02 bits per heavy atom. The maximum absolute atomic E-state index is 5.63. The number of aryl methyl sites for hydroxylation is 2. The molecule has 4 aromatic heterocycles. The van der Waals surface area contributed by atoms with Gasteiger partial charge in [-0.25, -0.2) is 15.0 Å². The highest BCUT2D eigenvalue weighted by Crippen LogP contribution is 2.34. The Kier molecular flexibility index (Phi) is 7.21. The zero-order valence-electron chi connectivity index (χ0n) is 24.0. The Morgan fingerprint density at radius 3 is 2.76 bits per heavy atom. The zero-order valence-corrected chi connectivity index (χ0v) is 24.0. The fourth-order valence-corrected chi connectivity index (χ4v) is 5.42. The largest absolute Gasteiger partial charge is 0.497 e. The third kappa shape index (κ3) is 5.05. The molecule has 6 rings (SSSR count). The minimum absolute atomic E-state index is 0.162. The lowest BCUT2D eigenvalue weighted by Gasteiger charge is -2.37. The van der Waals surface area contributed by atoms with Crippen molar-refractivity contribution in [3.05, 3.63) is 60.0 Å². The van der Waals surface area contributed by atoms with Gasteiger partial charge in [0, 0.05) is 55.0 Å². The molecule has 0 bridgehead atoms. The van der Waals surface area contributed by atoms with Crippen LogP contribution in [0.2, 0.25) is 0 Å². The molecule has 1 aliphatic rings. The summed E-state index contributed by atoms with van der Waals surface area (Å²) in [4.78, 5) is 16.7. The van der Waals surface area contributed by atoms with Gasteiger partial charge in [0.2, 0.25) is 11.8 Å². The van der Waals surface area contributed by atoms with Crippen molar-refractivity contribution in [1.82, 2.24) is 34.3 Å². The predicted octanol–water partition coefficient (Wildman–Crippen LogP) is 4.71. The molecule has 0 aliphatic carbocycles. The summed E-state index contributed by atoms with van der Waals surface area (Å²) in [6.07, 6.45) is 9.27. The maximum atomic E-state index is 5.63. The average Bonchev–Trinajstić information content (AvgIpc) is 3.78.